The summed E-state index contributed by atoms with van der Waals surface area (Å²) in [5, 5.41) is 13.8. The van der Waals surface area contributed by atoms with E-state index >= 15 is 0 Å². The van der Waals surface area contributed by atoms with E-state index in [2.05, 4.69) is 24.4 Å². The second-order valence-electron chi connectivity index (χ2n) is 6.20. The summed E-state index contributed by atoms with van der Waals surface area (Å²) in [6, 6.07) is 10.8. The van der Waals surface area contributed by atoms with Crippen LogP contribution in [-0.2, 0) is 4.79 Å². The van der Waals surface area contributed by atoms with Gasteiger partial charge in [-0.2, -0.15) is 5.10 Å². The number of phenolic OH excluding ortho intramolecular Hbond substituents is 1. The van der Waals surface area contributed by atoms with Crippen LogP contribution in [0.1, 0.15) is 37.3 Å². The Kier molecular flexibility index (Phi) is 7.68. The minimum atomic E-state index is -0.382. The Balaban J connectivity index is 1.96. The number of para-hydroxylation sites is 1. The van der Waals surface area contributed by atoms with Gasteiger partial charge in [0.05, 0.1) is 20.4 Å². The lowest BCUT2D eigenvalue weighted by molar-refractivity contribution is -0.123. The molecule has 0 aliphatic carbocycles. The summed E-state index contributed by atoms with van der Waals surface area (Å²) >= 11 is 0. The molecule has 0 aliphatic heterocycles. The van der Waals surface area contributed by atoms with Crippen molar-refractivity contribution in [1.82, 2.24) is 5.43 Å². The van der Waals surface area contributed by atoms with Crippen LogP contribution in [0.25, 0.3) is 0 Å². The second-order valence-corrected chi connectivity index (χ2v) is 6.20. The molecule has 1 unspecified atom stereocenters. The van der Waals surface area contributed by atoms with Gasteiger partial charge in [0.25, 0.3) is 5.91 Å². The van der Waals surface area contributed by atoms with Crippen molar-refractivity contribution < 1.29 is 24.1 Å². The maximum Gasteiger partial charge on any atom is 0.277 e. The number of hydrogen-bond donors (Lipinski definition) is 2. The quantitative estimate of drug-likeness (QED) is 0.509. The van der Waals surface area contributed by atoms with Crippen LogP contribution in [0, 0.1) is 0 Å². The normalized spacial score (nSPS) is 11.9. The first kappa shape index (κ1) is 21.1. The third-order valence-corrected chi connectivity index (χ3v) is 4.33. The number of aromatic hydroxyl groups is 1. The summed E-state index contributed by atoms with van der Waals surface area (Å²) in [7, 11) is 2.87. The number of methoxy groups -OCH3 is 2. The van der Waals surface area contributed by atoms with Gasteiger partial charge < -0.3 is 19.3 Å². The van der Waals surface area contributed by atoms with Crippen molar-refractivity contribution in [2.24, 2.45) is 5.10 Å². The molecule has 0 radical (unpaired) electrons. The summed E-state index contributed by atoms with van der Waals surface area (Å²) < 4.78 is 15.8. The molecule has 150 valence electrons. The number of hydrazone groups is 1. The number of hydrogen-bond acceptors (Lipinski definition) is 6. The molecule has 0 fully saturated rings. The number of nitrogens with zero attached hydrogens (tertiary/aromatic N) is 1. The molecule has 0 aromatic heterocycles. The van der Waals surface area contributed by atoms with E-state index < -0.39 is 0 Å². The number of benzene rings is 2. The number of carbonyl (C=O) groups is 1. The fourth-order valence-corrected chi connectivity index (χ4v) is 2.58. The number of ether oxygens (including phenoxy) is 3. The van der Waals surface area contributed by atoms with E-state index in [0.29, 0.717) is 17.2 Å². The largest absolute Gasteiger partial charge is 0.502 e. The standard InChI is InChI=1S/C21H26N2O5/c1-5-14(2)16-8-6-7-9-17(16)28-13-20(24)23-22-12-15-10-18(26-3)21(25)19(11-15)27-4/h6-12,14,25H,5,13H2,1-4H3,(H,23,24)/b22-12+. The minimum Gasteiger partial charge on any atom is -0.502 e. The van der Waals surface area contributed by atoms with Gasteiger partial charge in [0.1, 0.15) is 5.75 Å². The molecule has 0 heterocycles. The van der Waals surface area contributed by atoms with Gasteiger partial charge in [0.2, 0.25) is 5.75 Å². The Bertz CT molecular complexity index is 810. The molecule has 0 saturated carbocycles. The molecule has 7 heteroatoms. The predicted octanol–water partition coefficient (Wildman–Crippen LogP) is 3.45. The SMILES string of the molecule is CCC(C)c1ccccc1OCC(=O)N/N=C/c1cc(OC)c(O)c(OC)c1. The third kappa shape index (κ3) is 5.39. The monoisotopic (exact) mass is 386 g/mol. The molecule has 2 aromatic carbocycles. The average molecular weight is 386 g/mol. The van der Waals surface area contributed by atoms with Crippen LogP contribution in [0.5, 0.6) is 23.0 Å². The molecule has 2 aromatic rings. The molecular weight excluding hydrogens is 360 g/mol. The average Bonchev–Trinajstić information content (AvgIpc) is 2.72. The lowest BCUT2D eigenvalue weighted by atomic mass is 9.98. The highest BCUT2D eigenvalue weighted by atomic mass is 16.5. The summed E-state index contributed by atoms with van der Waals surface area (Å²) in [5.74, 6) is 1.06. The van der Waals surface area contributed by atoms with Crippen molar-refractivity contribution in [2.45, 2.75) is 26.2 Å². The van der Waals surface area contributed by atoms with Gasteiger partial charge in [0, 0.05) is 5.56 Å². The molecule has 7 nitrogen and oxygen atoms in total. The van der Waals surface area contributed by atoms with Crippen molar-refractivity contribution in [1.29, 1.82) is 0 Å². The topological polar surface area (TPSA) is 89.4 Å². The van der Waals surface area contributed by atoms with Gasteiger partial charge in [-0.05, 0) is 36.1 Å². The summed E-state index contributed by atoms with van der Waals surface area (Å²) in [6.07, 6.45) is 2.41. The lowest BCUT2D eigenvalue weighted by Crippen LogP contribution is -2.25. The van der Waals surface area contributed by atoms with Crippen LogP contribution < -0.4 is 19.6 Å². The molecule has 0 spiro atoms. The zero-order valence-corrected chi connectivity index (χ0v) is 16.6. The molecule has 2 rings (SSSR count). The fourth-order valence-electron chi connectivity index (χ4n) is 2.58. The highest BCUT2D eigenvalue weighted by molar-refractivity contribution is 5.84. The van der Waals surface area contributed by atoms with E-state index in [9.17, 15) is 9.90 Å². The van der Waals surface area contributed by atoms with E-state index in [1.54, 1.807) is 12.1 Å². The maximum atomic E-state index is 12.0. The summed E-state index contributed by atoms with van der Waals surface area (Å²) in [6.45, 7) is 4.08. The van der Waals surface area contributed by atoms with Crippen molar-refractivity contribution in [3.63, 3.8) is 0 Å². The molecule has 28 heavy (non-hydrogen) atoms. The van der Waals surface area contributed by atoms with Crippen LogP contribution in [0.2, 0.25) is 0 Å². The van der Waals surface area contributed by atoms with E-state index in [4.69, 9.17) is 14.2 Å². The van der Waals surface area contributed by atoms with Crippen molar-refractivity contribution in [2.75, 3.05) is 20.8 Å². The maximum absolute atomic E-state index is 12.0. The van der Waals surface area contributed by atoms with Gasteiger partial charge in [-0.15, -0.1) is 0 Å². The highest BCUT2D eigenvalue weighted by Gasteiger charge is 2.12. The van der Waals surface area contributed by atoms with Gasteiger partial charge in [-0.25, -0.2) is 5.43 Å². The van der Waals surface area contributed by atoms with Crippen LogP contribution >= 0.6 is 0 Å². The van der Waals surface area contributed by atoms with Crippen LogP contribution in [0.3, 0.4) is 0 Å². The smallest absolute Gasteiger partial charge is 0.277 e. The van der Waals surface area contributed by atoms with E-state index in [0.717, 1.165) is 12.0 Å². The molecule has 0 saturated heterocycles. The number of nitrogens with one attached hydrogen (secondary N) is 1. The predicted molar refractivity (Wildman–Crippen MR) is 108 cm³/mol. The molecule has 0 aliphatic rings. The molecular formula is C21H26N2O5. The van der Waals surface area contributed by atoms with Crippen molar-refractivity contribution in [3.05, 3.63) is 47.5 Å². The first-order valence-corrected chi connectivity index (χ1v) is 8.98. The molecule has 1 atom stereocenters. The zero-order valence-electron chi connectivity index (χ0n) is 16.6. The third-order valence-electron chi connectivity index (χ3n) is 4.33. The number of phenols is 1. The number of amides is 1. The second kappa shape index (κ2) is 10.2. The van der Waals surface area contributed by atoms with Gasteiger partial charge in [0.15, 0.2) is 18.1 Å². The Morgan fingerprint density at radius 3 is 2.43 bits per heavy atom. The lowest BCUT2D eigenvalue weighted by Gasteiger charge is -2.15. The first-order valence-electron chi connectivity index (χ1n) is 8.98. The van der Waals surface area contributed by atoms with Crippen molar-refractivity contribution in [3.8, 4) is 23.0 Å². The summed E-state index contributed by atoms with van der Waals surface area (Å²) in [4.78, 5) is 12.0. The van der Waals surface area contributed by atoms with Crippen LogP contribution in [-0.4, -0.2) is 38.1 Å². The number of rotatable bonds is 9. The van der Waals surface area contributed by atoms with E-state index in [1.165, 1.54) is 20.4 Å². The zero-order chi connectivity index (χ0) is 20.5. The number of carbonyl (C=O) groups excluding carboxylic acids is 1. The Labute approximate surface area is 164 Å². The van der Waals surface area contributed by atoms with Gasteiger partial charge in [-0.3, -0.25) is 4.79 Å². The molecule has 1 amide bonds. The van der Waals surface area contributed by atoms with E-state index in [1.807, 2.05) is 24.3 Å². The van der Waals surface area contributed by atoms with Gasteiger partial charge >= 0.3 is 0 Å². The highest BCUT2D eigenvalue weighted by Crippen LogP contribution is 2.36. The Morgan fingerprint density at radius 2 is 1.82 bits per heavy atom. The first-order chi connectivity index (χ1) is 13.5. The Morgan fingerprint density at radius 1 is 1.18 bits per heavy atom. The Hall–Kier alpha value is -3.22. The van der Waals surface area contributed by atoms with E-state index in [-0.39, 0.29) is 29.8 Å². The molecule has 2 N–H and O–H groups in total. The summed E-state index contributed by atoms with van der Waals surface area (Å²) in [5.41, 5.74) is 4.08. The minimum absolute atomic E-state index is 0.0976. The fraction of sp³-hybridized carbons (Fsp3) is 0.333. The van der Waals surface area contributed by atoms with Gasteiger partial charge in [-0.1, -0.05) is 32.0 Å². The molecule has 0 bridgehead atoms. The van der Waals surface area contributed by atoms with Crippen LogP contribution in [0.4, 0.5) is 0 Å². The van der Waals surface area contributed by atoms with Crippen molar-refractivity contribution >= 4 is 12.1 Å². The van der Waals surface area contributed by atoms with Crippen LogP contribution in [0.15, 0.2) is 41.5 Å².